The standard InChI is InChI=1S/C24H19ClN6O/c1-15-20(23(32)28-19-7-3-2-4-8-19)21(17-6-5-13-26-14-17)31-24(27-15)29-22(30-31)16-9-11-18(25)12-10-16/h2-14,21H,1H3,(H,28,32)(H,27,29,30). The van der Waals surface area contributed by atoms with Gasteiger partial charge in [-0.15, -0.1) is 5.10 Å². The molecule has 0 spiro atoms. The van der Waals surface area contributed by atoms with Crippen molar-refractivity contribution >= 4 is 29.1 Å². The van der Waals surface area contributed by atoms with Crippen LogP contribution in [0.4, 0.5) is 11.6 Å². The highest BCUT2D eigenvalue weighted by Crippen LogP contribution is 2.36. The Kier molecular flexibility index (Phi) is 5.17. The molecule has 0 fully saturated rings. The number of benzene rings is 2. The van der Waals surface area contributed by atoms with Gasteiger partial charge in [0.1, 0.15) is 6.04 Å². The molecule has 32 heavy (non-hydrogen) atoms. The van der Waals surface area contributed by atoms with Gasteiger partial charge in [-0.2, -0.15) is 4.98 Å². The van der Waals surface area contributed by atoms with Gasteiger partial charge in [0.15, 0.2) is 5.82 Å². The molecule has 0 radical (unpaired) electrons. The van der Waals surface area contributed by atoms with Gasteiger partial charge in [-0.3, -0.25) is 9.78 Å². The number of fused-ring (bicyclic) bond motifs is 1. The number of aromatic nitrogens is 4. The van der Waals surface area contributed by atoms with Crippen LogP contribution in [-0.2, 0) is 4.79 Å². The van der Waals surface area contributed by atoms with Gasteiger partial charge in [0.05, 0.1) is 5.57 Å². The Balaban J connectivity index is 1.59. The molecule has 1 atom stereocenters. The molecule has 8 heteroatoms. The smallest absolute Gasteiger partial charge is 0.255 e. The van der Waals surface area contributed by atoms with Crippen LogP contribution in [-0.4, -0.2) is 25.7 Å². The third-order valence-corrected chi connectivity index (χ3v) is 5.48. The van der Waals surface area contributed by atoms with Crippen LogP contribution in [0, 0.1) is 0 Å². The highest BCUT2D eigenvalue weighted by atomic mass is 35.5. The number of amides is 1. The number of hydrogen-bond acceptors (Lipinski definition) is 5. The first kappa shape index (κ1) is 20.0. The van der Waals surface area contributed by atoms with Gasteiger partial charge in [-0.25, -0.2) is 4.68 Å². The Hall–Kier alpha value is -3.97. The number of halogens is 1. The van der Waals surface area contributed by atoms with Gasteiger partial charge < -0.3 is 10.6 Å². The monoisotopic (exact) mass is 442 g/mol. The SMILES string of the molecule is CC1=C(C(=O)Nc2ccccc2)C(c2cccnc2)n2nc(-c3ccc(Cl)cc3)nc2N1. The Bertz CT molecular complexity index is 1300. The fourth-order valence-electron chi connectivity index (χ4n) is 3.73. The van der Waals surface area contributed by atoms with Crippen molar-refractivity contribution in [1.29, 1.82) is 0 Å². The average Bonchev–Trinajstić information content (AvgIpc) is 3.23. The normalized spacial score (nSPS) is 15.1. The number of hydrogen-bond donors (Lipinski definition) is 2. The number of carbonyl (C=O) groups is 1. The van der Waals surface area contributed by atoms with Gasteiger partial charge >= 0.3 is 0 Å². The predicted octanol–water partition coefficient (Wildman–Crippen LogP) is 4.92. The molecular formula is C24H19ClN6O. The number of pyridine rings is 1. The summed E-state index contributed by atoms with van der Waals surface area (Å²) in [6.45, 7) is 1.86. The lowest BCUT2D eigenvalue weighted by molar-refractivity contribution is -0.113. The van der Waals surface area contributed by atoms with E-state index in [0.29, 0.717) is 33.8 Å². The average molecular weight is 443 g/mol. The van der Waals surface area contributed by atoms with Crippen molar-refractivity contribution in [2.75, 3.05) is 10.6 Å². The molecule has 2 aromatic carbocycles. The molecule has 1 aliphatic rings. The highest BCUT2D eigenvalue weighted by molar-refractivity contribution is 6.30. The predicted molar refractivity (Wildman–Crippen MR) is 124 cm³/mol. The summed E-state index contributed by atoms with van der Waals surface area (Å²) in [4.78, 5) is 22.3. The van der Waals surface area contributed by atoms with Crippen LogP contribution in [0.1, 0.15) is 18.5 Å². The van der Waals surface area contributed by atoms with E-state index in [9.17, 15) is 4.79 Å². The van der Waals surface area contributed by atoms with Gasteiger partial charge in [0.25, 0.3) is 5.91 Å². The van der Waals surface area contributed by atoms with Crippen LogP contribution < -0.4 is 10.6 Å². The minimum atomic E-state index is -0.489. The second-order valence-corrected chi connectivity index (χ2v) is 7.82. The highest BCUT2D eigenvalue weighted by Gasteiger charge is 2.34. The first-order valence-corrected chi connectivity index (χ1v) is 10.4. The number of nitrogens with zero attached hydrogens (tertiary/aromatic N) is 4. The molecule has 2 aromatic heterocycles. The number of allylic oxidation sites excluding steroid dienone is 1. The van der Waals surface area contributed by atoms with E-state index in [-0.39, 0.29) is 5.91 Å². The molecule has 0 aliphatic carbocycles. The summed E-state index contributed by atoms with van der Waals surface area (Å²) in [6, 6.07) is 20.0. The summed E-state index contributed by atoms with van der Waals surface area (Å²) in [5.41, 5.74) is 3.63. The fourth-order valence-corrected chi connectivity index (χ4v) is 3.86. The Morgan fingerprint density at radius 1 is 1.06 bits per heavy atom. The van der Waals surface area contributed by atoms with Crippen molar-refractivity contribution < 1.29 is 4.79 Å². The third kappa shape index (κ3) is 3.74. The van der Waals surface area contributed by atoms with Crippen molar-refractivity contribution in [3.8, 4) is 11.4 Å². The van der Waals surface area contributed by atoms with E-state index in [4.69, 9.17) is 16.7 Å². The number of para-hydroxylation sites is 1. The molecule has 5 rings (SSSR count). The van der Waals surface area contributed by atoms with Gasteiger partial charge in [-0.1, -0.05) is 35.9 Å². The van der Waals surface area contributed by atoms with E-state index in [2.05, 4.69) is 20.6 Å². The molecule has 158 valence electrons. The molecule has 1 amide bonds. The van der Waals surface area contributed by atoms with Crippen LogP contribution in [0.5, 0.6) is 0 Å². The molecule has 7 nitrogen and oxygen atoms in total. The largest absolute Gasteiger partial charge is 0.328 e. The first-order chi connectivity index (χ1) is 15.6. The number of rotatable bonds is 4. The van der Waals surface area contributed by atoms with E-state index in [1.165, 1.54) is 0 Å². The van der Waals surface area contributed by atoms with Crippen molar-refractivity contribution in [3.05, 3.63) is 101 Å². The summed E-state index contributed by atoms with van der Waals surface area (Å²) < 4.78 is 1.73. The fraction of sp³-hybridized carbons (Fsp3) is 0.0833. The molecule has 4 aromatic rings. The van der Waals surface area contributed by atoms with Crippen LogP contribution in [0.2, 0.25) is 5.02 Å². The summed E-state index contributed by atoms with van der Waals surface area (Å²) in [7, 11) is 0. The maximum atomic E-state index is 13.4. The van der Waals surface area contributed by atoms with Crippen molar-refractivity contribution in [3.63, 3.8) is 0 Å². The molecule has 0 bridgehead atoms. The van der Waals surface area contributed by atoms with E-state index in [0.717, 1.165) is 11.1 Å². The summed E-state index contributed by atoms with van der Waals surface area (Å²) in [6.07, 6.45) is 3.44. The van der Waals surface area contributed by atoms with Gasteiger partial charge in [0.2, 0.25) is 5.95 Å². The lowest BCUT2D eigenvalue weighted by Crippen LogP contribution is -2.31. The third-order valence-electron chi connectivity index (χ3n) is 5.23. The summed E-state index contributed by atoms with van der Waals surface area (Å²) in [5.74, 6) is 0.873. The second-order valence-electron chi connectivity index (χ2n) is 7.38. The van der Waals surface area contributed by atoms with Gasteiger partial charge in [0, 0.05) is 34.4 Å². The molecule has 1 aliphatic heterocycles. The van der Waals surface area contributed by atoms with Crippen molar-refractivity contribution in [2.24, 2.45) is 0 Å². The van der Waals surface area contributed by atoms with Crippen LogP contribution in [0.25, 0.3) is 11.4 Å². The van der Waals surface area contributed by atoms with Crippen LogP contribution in [0.3, 0.4) is 0 Å². The van der Waals surface area contributed by atoms with E-state index in [1.807, 2.05) is 61.5 Å². The second kappa shape index (κ2) is 8.28. The van der Waals surface area contributed by atoms with Crippen molar-refractivity contribution in [1.82, 2.24) is 19.7 Å². The minimum Gasteiger partial charge on any atom is -0.328 e. The lowest BCUT2D eigenvalue weighted by Gasteiger charge is -2.28. The maximum Gasteiger partial charge on any atom is 0.255 e. The lowest BCUT2D eigenvalue weighted by atomic mass is 9.96. The Morgan fingerprint density at radius 3 is 2.56 bits per heavy atom. The first-order valence-electron chi connectivity index (χ1n) is 10.1. The molecule has 2 N–H and O–H groups in total. The molecule has 3 heterocycles. The zero-order valence-corrected chi connectivity index (χ0v) is 17.9. The van der Waals surface area contributed by atoms with Crippen molar-refractivity contribution in [2.45, 2.75) is 13.0 Å². The summed E-state index contributed by atoms with van der Waals surface area (Å²) >= 11 is 6.03. The number of carbonyl (C=O) groups excluding carboxylic acids is 1. The zero-order chi connectivity index (χ0) is 22.1. The van der Waals surface area contributed by atoms with Crippen LogP contribution >= 0.6 is 11.6 Å². The quantitative estimate of drug-likeness (QED) is 0.468. The van der Waals surface area contributed by atoms with E-state index < -0.39 is 6.04 Å². The Labute approximate surface area is 189 Å². The topological polar surface area (TPSA) is 84.7 Å². The molecule has 1 unspecified atom stereocenters. The Morgan fingerprint density at radius 2 is 1.84 bits per heavy atom. The molecule has 0 saturated heterocycles. The van der Waals surface area contributed by atoms with E-state index >= 15 is 0 Å². The van der Waals surface area contributed by atoms with Gasteiger partial charge in [-0.05, 0) is 55.0 Å². The summed E-state index contributed by atoms with van der Waals surface area (Å²) in [5, 5.41) is 11.6. The number of nitrogens with one attached hydrogen (secondary N) is 2. The zero-order valence-electron chi connectivity index (χ0n) is 17.2. The molecular weight excluding hydrogens is 424 g/mol. The maximum absolute atomic E-state index is 13.4. The minimum absolute atomic E-state index is 0.218. The number of anilines is 2. The van der Waals surface area contributed by atoms with E-state index in [1.54, 1.807) is 29.2 Å². The molecule has 0 saturated carbocycles. The van der Waals surface area contributed by atoms with Crippen LogP contribution in [0.15, 0.2) is 90.4 Å².